The van der Waals surface area contributed by atoms with Gasteiger partial charge in [-0.1, -0.05) is 32.1 Å². The van der Waals surface area contributed by atoms with E-state index in [4.69, 9.17) is 0 Å². The molecule has 4 nitrogen and oxygen atoms in total. The molecule has 1 saturated carbocycles. The molecular formula is C19H35N3O. The standard InChI is InChI=1S/C19H35N3O/c23-19(7-6-17-4-2-1-3-5-17)22-14-12-21(13-15-22)16-18-8-10-20-11-9-18/h17-18,20H,1-16H2. The van der Waals surface area contributed by atoms with Gasteiger partial charge in [0, 0.05) is 39.1 Å². The zero-order valence-corrected chi connectivity index (χ0v) is 14.8. The van der Waals surface area contributed by atoms with Gasteiger partial charge in [-0.2, -0.15) is 0 Å². The number of carbonyl (C=O) groups excluding carboxylic acids is 1. The minimum atomic E-state index is 0.414. The number of carbonyl (C=O) groups is 1. The molecule has 132 valence electrons. The number of hydrogen-bond acceptors (Lipinski definition) is 3. The van der Waals surface area contributed by atoms with Gasteiger partial charge in [0.1, 0.15) is 0 Å². The molecule has 0 bridgehead atoms. The lowest BCUT2D eigenvalue weighted by atomic mass is 9.86. The van der Waals surface area contributed by atoms with E-state index in [9.17, 15) is 4.79 Å². The lowest BCUT2D eigenvalue weighted by Gasteiger charge is -2.37. The van der Waals surface area contributed by atoms with Crippen LogP contribution in [0.2, 0.25) is 0 Å². The van der Waals surface area contributed by atoms with E-state index in [0.717, 1.165) is 50.9 Å². The van der Waals surface area contributed by atoms with Gasteiger partial charge in [-0.05, 0) is 44.2 Å². The topological polar surface area (TPSA) is 35.6 Å². The molecule has 2 aliphatic heterocycles. The third kappa shape index (κ3) is 5.46. The van der Waals surface area contributed by atoms with Gasteiger partial charge in [0.25, 0.3) is 0 Å². The quantitative estimate of drug-likeness (QED) is 0.845. The van der Waals surface area contributed by atoms with Crippen molar-refractivity contribution in [3.8, 4) is 0 Å². The summed E-state index contributed by atoms with van der Waals surface area (Å²) in [4.78, 5) is 17.1. The van der Waals surface area contributed by atoms with Gasteiger partial charge in [-0.25, -0.2) is 0 Å². The first-order valence-corrected chi connectivity index (χ1v) is 10.0. The van der Waals surface area contributed by atoms with Crippen LogP contribution in [0, 0.1) is 11.8 Å². The van der Waals surface area contributed by atoms with Crippen molar-refractivity contribution in [3.05, 3.63) is 0 Å². The predicted octanol–water partition coefficient (Wildman–Crippen LogP) is 2.49. The van der Waals surface area contributed by atoms with Gasteiger partial charge < -0.3 is 10.2 Å². The smallest absolute Gasteiger partial charge is 0.222 e. The molecule has 23 heavy (non-hydrogen) atoms. The van der Waals surface area contributed by atoms with Crippen LogP contribution in [0.4, 0.5) is 0 Å². The predicted molar refractivity (Wildman–Crippen MR) is 94.4 cm³/mol. The summed E-state index contributed by atoms with van der Waals surface area (Å²) in [5, 5.41) is 3.44. The van der Waals surface area contributed by atoms with Crippen LogP contribution in [0.25, 0.3) is 0 Å². The highest BCUT2D eigenvalue weighted by Gasteiger charge is 2.24. The second-order valence-corrected chi connectivity index (χ2v) is 7.92. The molecule has 3 aliphatic rings. The Morgan fingerprint density at radius 2 is 1.57 bits per heavy atom. The Kier molecular flexibility index (Phi) is 6.76. The van der Waals surface area contributed by atoms with E-state index in [1.54, 1.807) is 0 Å². The van der Waals surface area contributed by atoms with Crippen molar-refractivity contribution >= 4 is 5.91 Å². The number of piperidine rings is 1. The van der Waals surface area contributed by atoms with Gasteiger partial charge in [0.2, 0.25) is 5.91 Å². The minimum absolute atomic E-state index is 0.414. The molecule has 1 amide bonds. The highest BCUT2D eigenvalue weighted by molar-refractivity contribution is 5.76. The first-order valence-electron chi connectivity index (χ1n) is 10.0. The van der Waals surface area contributed by atoms with Crippen molar-refractivity contribution in [2.24, 2.45) is 11.8 Å². The van der Waals surface area contributed by atoms with E-state index in [0.29, 0.717) is 5.91 Å². The van der Waals surface area contributed by atoms with Crippen molar-refractivity contribution in [1.29, 1.82) is 0 Å². The molecule has 0 unspecified atom stereocenters. The number of piperazine rings is 1. The maximum atomic E-state index is 12.4. The molecule has 3 rings (SSSR count). The summed E-state index contributed by atoms with van der Waals surface area (Å²) in [5.74, 6) is 2.11. The van der Waals surface area contributed by atoms with Gasteiger partial charge in [0.15, 0.2) is 0 Å². The van der Waals surface area contributed by atoms with E-state index < -0.39 is 0 Å². The Labute approximate surface area is 142 Å². The number of hydrogen-bond donors (Lipinski definition) is 1. The van der Waals surface area contributed by atoms with Crippen molar-refractivity contribution in [3.63, 3.8) is 0 Å². The second-order valence-electron chi connectivity index (χ2n) is 7.92. The van der Waals surface area contributed by atoms with Gasteiger partial charge in [-0.15, -0.1) is 0 Å². The Morgan fingerprint density at radius 1 is 0.870 bits per heavy atom. The van der Waals surface area contributed by atoms with Crippen LogP contribution in [-0.4, -0.2) is 61.5 Å². The maximum absolute atomic E-state index is 12.4. The Bertz CT molecular complexity index is 354. The number of amides is 1. The van der Waals surface area contributed by atoms with E-state index in [-0.39, 0.29) is 0 Å². The van der Waals surface area contributed by atoms with Crippen LogP contribution in [0.3, 0.4) is 0 Å². The fourth-order valence-corrected chi connectivity index (χ4v) is 4.57. The fourth-order valence-electron chi connectivity index (χ4n) is 4.57. The van der Waals surface area contributed by atoms with Crippen LogP contribution < -0.4 is 5.32 Å². The van der Waals surface area contributed by atoms with Crippen molar-refractivity contribution < 1.29 is 4.79 Å². The highest BCUT2D eigenvalue weighted by atomic mass is 16.2. The normalized spacial score (nSPS) is 25.7. The van der Waals surface area contributed by atoms with Crippen LogP contribution >= 0.6 is 0 Å². The molecule has 0 aromatic heterocycles. The van der Waals surface area contributed by atoms with Crippen molar-refractivity contribution in [2.45, 2.75) is 57.8 Å². The first-order chi connectivity index (χ1) is 11.3. The maximum Gasteiger partial charge on any atom is 0.222 e. The molecule has 0 spiro atoms. The largest absolute Gasteiger partial charge is 0.340 e. The summed E-state index contributed by atoms with van der Waals surface area (Å²) < 4.78 is 0. The highest BCUT2D eigenvalue weighted by Crippen LogP contribution is 2.27. The van der Waals surface area contributed by atoms with Crippen molar-refractivity contribution in [1.82, 2.24) is 15.1 Å². The van der Waals surface area contributed by atoms with Crippen LogP contribution in [-0.2, 0) is 4.79 Å². The zero-order valence-electron chi connectivity index (χ0n) is 14.8. The SMILES string of the molecule is O=C(CCC1CCCCC1)N1CCN(CC2CCNCC2)CC1. The molecule has 0 atom stereocenters. The average Bonchev–Trinajstić information content (AvgIpc) is 2.62. The van der Waals surface area contributed by atoms with Crippen molar-refractivity contribution in [2.75, 3.05) is 45.8 Å². The van der Waals surface area contributed by atoms with E-state index in [2.05, 4.69) is 15.1 Å². The molecule has 0 aromatic rings. The summed E-state index contributed by atoms with van der Waals surface area (Å²) in [7, 11) is 0. The van der Waals surface area contributed by atoms with Gasteiger partial charge >= 0.3 is 0 Å². The molecule has 0 radical (unpaired) electrons. The Hall–Kier alpha value is -0.610. The molecule has 1 N–H and O–H groups in total. The molecule has 4 heteroatoms. The molecule has 2 saturated heterocycles. The van der Waals surface area contributed by atoms with E-state index in [1.807, 2.05) is 0 Å². The molecule has 1 aliphatic carbocycles. The minimum Gasteiger partial charge on any atom is -0.340 e. The van der Waals surface area contributed by atoms with E-state index in [1.165, 1.54) is 64.6 Å². The summed E-state index contributed by atoms with van der Waals surface area (Å²) >= 11 is 0. The summed E-state index contributed by atoms with van der Waals surface area (Å²) in [5.41, 5.74) is 0. The summed E-state index contributed by atoms with van der Waals surface area (Å²) in [6, 6.07) is 0. The molecular weight excluding hydrogens is 286 g/mol. The number of rotatable bonds is 5. The van der Waals surface area contributed by atoms with Gasteiger partial charge in [0.05, 0.1) is 0 Å². The summed E-state index contributed by atoms with van der Waals surface area (Å²) in [6.45, 7) is 7.68. The molecule has 0 aromatic carbocycles. The summed E-state index contributed by atoms with van der Waals surface area (Å²) in [6.07, 6.45) is 11.5. The zero-order chi connectivity index (χ0) is 15.9. The number of nitrogens with one attached hydrogen (secondary N) is 1. The first kappa shape index (κ1) is 17.2. The lowest BCUT2D eigenvalue weighted by Crippen LogP contribution is -2.50. The number of nitrogens with zero attached hydrogens (tertiary/aromatic N) is 2. The van der Waals surface area contributed by atoms with Crippen LogP contribution in [0.15, 0.2) is 0 Å². The average molecular weight is 322 g/mol. The molecule has 2 heterocycles. The Balaban J connectivity index is 1.32. The third-order valence-electron chi connectivity index (χ3n) is 6.19. The molecule has 3 fully saturated rings. The Morgan fingerprint density at radius 3 is 2.26 bits per heavy atom. The van der Waals surface area contributed by atoms with E-state index >= 15 is 0 Å². The monoisotopic (exact) mass is 321 g/mol. The van der Waals surface area contributed by atoms with Crippen LogP contribution in [0.1, 0.15) is 57.8 Å². The van der Waals surface area contributed by atoms with Gasteiger partial charge in [-0.3, -0.25) is 9.69 Å². The fraction of sp³-hybridized carbons (Fsp3) is 0.947. The van der Waals surface area contributed by atoms with Crippen LogP contribution in [0.5, 0.6) is 0 Å². The lowest BCUT2D eigenvalue weighted by molar-refractivity contribution is -0.133. The second kappa shape index (κ2) is 9.03. The third-order valence-corrected chi connectivity index (χ3v) is 6.19.